The second-order valence-electron chi connectivity index (χ2n) is 3.78. The van der Waals surface area contributed by atoms with Crippen LogP contribution in [0.3, 0.4) is 0 Å². The highest BCUT2D eigenvalue weighted by Gasteiger charge is 2.07. The number of rotatable bonds is 1. The van der Waals surface area contributed by atoms with Crippen LogP contribution in [0.2, 0.25) is 0 Å². The summed E-state index contributed by atoms with van der Waals surface area (Å²) in [4.78, 5) is 0. The van der Waals surface area contributed by atoms with Crippen LogP contribution in [0, 0.1) is 0 Å². The molecule has 0 radical (unpaired) electrons. The molecule has 1 aromatic rings. The van der Waals surface area contributed by atoms with Crippen molar-refractivity contribution in [3.05, 3.63) is 47.7 Å². The first-order valence-electron chi connectivity index (χ1n) is 4.91. The van der Waals surface area contributed by atoms with Gasteiger partial charge in [-0.05, 0) is 36.3 Å². The zero-order valence-corrected chi connectivity index (χ0v) is 8.99. The lowest BCUT2D eigenvalue weighted by Crippen LogP contribution is -2.30. The number of allylic oxidation sites excluding steroid dienone is 2. The van der Waals surface area contributed by atoms with Crippen LogP contribution >= 0.6 is 0 Å². The molecule has 1 aromatic carbocycles. The van der Waals surface area contributed by atoms with Gasteiger partial charge in [0.15, 0.2) is 0 Å². The number of nitrogens with zero attached hydrogens (tertiary/aromatic N) is 1. The van der Waals surface area contributed by atoms with E-state index >= 15 is 0 Å². The van der Waals surface area contributed by atoms with E-state index in [-0.39, 0.29) is 0 Å². The van der Waals surface area contributed by atoms with E-state index in [1.807, 2.05) is 42.5 Å². The normalized spacial score (nSPS) is 15.5. The first-order chi connectivity index (χ1) is 7.15. The van der Waals surface area contributed by atoms with Crippen LogP contribution in [-0.4, -0.2) is 12.1 Å². The second kappa shape index (κ2) is 3.69. The highest BCUT2D eigenvalue weighted by atomic mass is 15.5. The van der Waals surface area contributed by atoms with E-state index in [1.54, 1.807) is 0 Å². The van der Waals surface area contributed by atoms with Crippen molar-refractivity contribution >= 4 is 11.4 Å². The molecule has 0 bridgehead atoms. The van der Waals surface area contributed by atoms with E-state index in [1.165, 1.54) is 5.57 Å². The van der Waals surface area contributed by atoms with E-state index in [2.05, 4.69) is 18.4 Å². The first kappa shape index (κ1) is 9.65. The molecule has 0 spiro atoms. The van der Waals surface area contributed by atoms with Crippen molar-refractivity contribution in [3.63, 3.8) is 0 Å². The molecule has 0 unspecified atom stereocenters. The number of hydrogen-bond donors (Lipinski definition) is 2. The van der Waals surface area contributed by atoms with Crippen LogP contribution in [0.1, 0.15) is 12.5 Å². The highest BCUT2D eigenvalue weighted by molar-refractivity contribution is 5.68. The Balaban J connectivity index is 2.32. The van der Waals surface area contributed by atoms with Gasteiger partial charge in [-0.2, -0.15) is 0 Å². The molecule has 3 N–H and O–H groups in total. The predicted molar refractivity (Wildman–Crippen MR) is 63.5 cm³/mol. The zero-order chi connectivity index (χ0) is 10.8. The van der Waals surface area contributed by atoms with E-state index < -0.39 is 0 Å². The second-order valence-corrected chi connectivity index (χ2v) is 3.78. The Morgan fingerprint density at radius 3 is 2.47 bits per heavy atom. The van der Waals surface area contributed by atoms with Gasteiger partial charge in [-0.1, -0.05) is 12.1 Å². The fourth-order valence-electron chi connectivity index (χ4n) is 1.64. The van der Waals surface area contributed by atoms with Crippen LogP contribution in [0.15, 0.2) is 42.1 Å². The molecule has 15 heavy (non-hydrogen) atoms. The van der Waals surface area contributed by atoms with Gasteiger partial charge in [0, 0.05) is 18.9 Å². The molecule has 0 fully saturated rings. The third kappa shape index (κ3) is 2.13. The van der Waals surface area contributed by atoms with Crippen LogP contribution < -0.4 is 11.2 Å². The Bertz CT molecular complexity index is 415. The summed E-state index contributed by atoms with van der Waals surface area (Å²) in [5, 5.41) is 1.95. The van der Waals surface area contributed by atoms with Crippen molar-refractivity contribution in [1.82, 2.24) is 10.4 Å². The van der Waals surface area contributed by atoms with Crippen molar-refractivity contribution < 1.29 is 0 Å². The summed E-state index contributed by atoms with van der Waals surface area (Å²) in [7, 11) is 1.98. The van der Waals surface area contributed by atoms with Gasteiger partial charge < -0.3 is 5.73 Å². The Kier molecular flexibility index (Phi) is 2.37. The largest absolute Gasteiger partial charge is 0.399 e. The number of anilines is 1. The van der Waals surface area contributed by atoms with Gasteiger partial charge >= 0.3 is 0 Å². The van der Waals surface area contributed by atoms with Gasteiger partial charge in [-0.25, -0.2) is 0 Å². The minimum Gasteiger partial charge on any atom is -0.399 e. The maximum atomic E-state index is 5.65. The highest BCUT2D eigenvalue weighted by Crippen LogP contribution is 2.18. The van der Waals surface area contributed by atoms with Crippen molar-refractivity contribution in [2.24, 2.45) is 0 Å². The lowest BCUT2D eigenvalue weighted by atomic mass is 10.1. The first-order valence-corrected chi connectivity index (χ1v) is 4.91. The van der Waals surface area contributed by atoms with Crippen molar-refractivity contribution in [2.75, 3.05) is 12.8 Å². The average Bonchev–Trinajstić information content (AvgIpc) is 2.17. The van der Waals surface area contributed by atoms with Gasteiger partial charge in [-0.15, -0.1) is 0 Å². The number of nitrogens with one attached hydrogen (secondary N) is 1. The third-order valence-corrected chi connectivity index (χ3v) is 2.29. The maximum absolute atomic E-state index is 5.65. The lowest BCUT2D eigenvalue weighted by molar-refractivity contribution is 0.390. The quantitative estimate of drug-likeness (QED) is 0.682. The molecule has 1 heterocycles. The molecule has 0 atom stereocenters. The lowest BCUT2D eigenvalue weighted by Gasteiger charge is -2.24. The van der Waals surface area contributed by atoms with Crippen molar-refractivity contribution in [2.45, 2.75) is 6.92 Å². The summed E-state index contributed by atoms with van der Waals surface area (Å²) in [5.74, 6) is 0. The van der Waals surface area contributed by atoms with Crippen LogP contribution in [0.5, 0.6) is 0 Å². The number of hydrazine groups is 1. The van der Waals surface area contributed by atoms with Crippen molar-refractivity contribution in [3.8, 4) is 0 Å². The molecule has 0 aliphatic carbocycles. The maximum Gasteiger partial charge on any atom is 0.0617 e. The molecule has 1 aliphatic heterocycles. The summed E-state index contributed by atoms with van der Waals surface area (Å²) in [5.41, 5.74) is 13.2. The smallest absolute Gasteiger partial charge is 0.0617 e. The molecule has 2 rings (SSSR count). The summed E-state index contributed by atoms with van der Waals surface area (Å²) < 4.78 is 0. The molecule has 3 heteroatoms. The van der Waals surface area contributed by atoms with Gasteiger partial charge in [0.1, 0.15) is 0 Å². The third-order valence-electron chi connectivity index (χ3n) is 2.29. The van der Waals surface area contributed by atoms with Crippen LogP contribution in [-0.2, 0) is 0 Å². The Labute approximate surface area is 89.9 Å². The summed E-state index contributed by atoms with van der Waals surface area (Å²) >= 11 is 0. The number of nitrogen functional groups attached to an aromatic ring is 1. The Morgan fingerprint density at radius 2 is 1.87 bits per heavy atom. The van der Waals surface area contributed by atoms with Crippen molar-refractivity contribution in [1.29, 1.82) is 0 Å². The molecular weight excluding hydrogens is 186 g/mol. The zero-order valence-electron chi connectivity index (χ0n) is 8.99. The monoisotopic (exact) mass is 201 g/mol. The number of nitrogens with two attached hydrogens (primary N) is 1. The van der Waals surface area contributed by atoms with E-state index in [9.17, 15) is 0 Å². The molecule has 1 aliphatic rings. The van der Waals surface area contributed by atoms with Gasteiger partial charge in [0.2, 0.25) is 0 Å². The minimum atomic E-state index is 0.788. The average molecular weight is 201 g/mol. The Morgan fingerprint density at radius 1 is 1.20 bits per heavy atom. The van der Waals surface area contributed by atoms with Crippen LogP contribution in [0.25, 0.3) is 5.70 Å². The number of benzene rings is 1. The number of hydrogen-bond acceptors (Lipinski definition) is 3. The Hall–Kier alpha value is -1.90. The van der Waals surface area contributed by atoms with Gasteiger partial charge in [-0.3, -0.25) is 10.4 Å². The molecule has 0 aromatic heterocycles. The fraction of sp³-hybridized carbons (Fsp3) is 0.167. The summed E-state index contributed by atoms with van der Waals surface area (Å²) in [6.07, 6.45) is 4.16. The molecule has 0 amide bonds. The summed E-state index contributed by atoms with van der Waals surface area (Å²) in [6, 6.07) is 7.85. The van der Waals surface area contributed by atoms with Gasteiger partial charge in [0.25, 0.3) is 0 Å². The van der Waals surface area contributed by atoms with Crippen LogP contribution in [0.4, 0.5) is 5.69 Å². The van der Waals surface area contributed by atoms with E-state index in [0.29, 0.717) is 0 Å². The van der Waals surface area contributed by atoms with Gasteiger partial charge in [0.05, 0.1) is 5.70 Å². The molecule has 78 valence electrons. The molecule has 0 saturated heterocycles. The summed E-state index contributed by atoms with van der Waals surface area (Å²) in [6.45, 7) is 2.08. The SMILES string of the molecule is CC1=CN(C)NC(c2ccc(N)cc2)=C1. The predicted octanol–water partition coefficient (Wildman–Crippen LogP) is 1.96. The topological polar surface area (TPSA) is 41.3 Å². The molecule has 0 saturated carbocycles. The fourth-order valence-corrected chi connectivity index (χ4v) is 1.64. The standard InChI is InChI=1S/C12H15N3/c1-9-7-12(14-15(2)8-9)10-3-5-11(13)6-4-10/h3-8,14H,13H2,1-2H3. The molecular formula is C12H15N3. The van der Waals surface area contributed by atoms with E-state index in [0.717, 1.165) is 16.9 Å². The molecule has 3 nitrogen and oxygen atoms in total. The van der Waals surface area contributed by atoms with E-state index in [4.69, 9.17) is 5.73 Å². The minimum absolute atomic E-state index is 0.788.